The van der Waals surface area contributed by atoms with Crippen molar-refractivity contribution in [3.8, 4) is 5.75 Å². The molecule has 0 radical (unpaired) electrons. The minimum Gasteiger partial charge on any atom is -0.497 e. The van der Waals surface area contributed by atoms with Crippen molar-refractivity contribution in [2.24, 2.45) is 4.99 Å². The van der Waals surface area contributed by atoms with Crippen molar-refractivity contribution in [1.82, 2.24) is 20.9 Å². The molecular weight excluding hydrogens is 366 g/mol. The number of likely N-dealkylation sites (tertiary alicyclic amines) is 1. The number of nitrogens with one attached hydrogen (secondary N) is 3. The number of benzene rings is 1. The molecule has 1 aromatic carbocycles. The van der Waals surface area contributed by atoms with E-state index in [-0.39, 0.29) is 24.0 Å². The fourth-order valence-electron chi connectivity index (χ4n) is 3.55. The van der Waals surface area contributed by atoms with Crippen molar-refractivity contribution >= 4 is 11.9 Å². The second-order valence-electron chi connectivity index (χ2n) is 8.49. The van der Waals surface area contributed by atoms with Crippen LogP contribution in [0.25, 0.3) is 0 Å². The monoisotopic (exact) mass is 403 g/mol. The lowest BCUT2D eigenvalue weighted by Gasteiger charge is -2.35. The van der Waals surface area contributed by atoms with Gasteiger partial charge in [0.15, 0.2) is 5.96 Å². The number of carbonyl (C=O) groups excluding carboxylic acids is 1. The van der Waals surface area contributed by atoms with E-state index in [0.717, 1.165) is 18.8 Å². The summed E-state index contributed by atoms with van der Waals surface area (Å²) >= 11 is 0. The average Bonchev–Trinajstić information content (AvgIpc) is 2.70. The smallest absolute Gasteiger partial charge is 0.239 e. The molecule has 0 bridgehead atoms. The van der Waals surface area contributed by atoms with Gasteiger partial charge in [-0.1, -0.05) is 18.6 Å². The summed E-state index contributed by atoms with van der Waals surface area (Å²) in [6.07, 6.45) is 3.75. The molecule has 0 saturated carbocycles. The molecule has 7 heteroatoms. The van der Waals surface area contributed by atoms with E-state index in [9.17, 15) is 4.79 Å². The third-order valence-electron chi connectivity index (χ3n) is 4.95. The molecule has 162 valence electrons. The number of nitrogens with zero attached hydrogens (tertiary/aromatic N) is 2. The van der Waals surface area contributed by atoms with E-state index >= 15 is 0 Å². The van der Waals surface area contributed by atoms with Gasteiger partial charge in [-0.15, -0.1) is 0 Å². The summed E-state index contributed by atoms with van der Waals surface area (Å²) in [7, 11) is 3.41. The molecule has 2 rings (SSSR count). The summed E-state index contributed by atoms with van der Waals surface area (Å²) in [6, 6.07) is 8.52. The molecule has 1 aliphatic rings. The van der Waals surface area contributed by atoms with Crippen molar-refractivity contribution in [1.29, 1.82) is 0 Å². The zero-order valence-corrected chi connectivity index (χ0v) is 18.5. The number of piperidine rings is 1. The number of amides is 1. The Balaban J connectivity index is 1.98. The van der Waals surface area contributed by atoms with E-state index in [1.54, 1.807) is 14.2 Å². The van der Waals surface area contributed by atoms with Crippen molar-refractivity contribution in [2.75, 3.05) is 40.3 Å². The van der Waals surface area contributed by atoms with Crippen LogP contribution in [0.1, 0.15) is 51.6 Å². The highest BCUT2D eigenvalue weighted by atomic mass is 16.5. The normalized spacial score (nSPS) is 16.8. The SMILES string of the molecule is CN=C(NCC(=O)NC(C)(C)C)NCC(c1ccc(OC)cc1)N1CCCCC1. The van der Waals surface area contributed by atoms with Gasteiger partial charge in [0.2, 0.25) is 5.91 Å². The zero-order valence-electron chi connectivity index (χ0n) is 18.5. The van der Waals surface area contributed by atoms with Crippen LogP contribution in [-0.4, -0.2) is 62.6 Å². The predicted molar refractivity (Wildman–Crippen MR) is 118 cm³/mol. The molecule has 1 saturated heterocycles. The highest BCUT2D eigenvalue weighted by molar-refractivity contribution is 5.86. The molecule has 0 aliphatic carbocycles. The van der Waals surface area contributed by atoms with Crippen LogP contribution in [0.5, 0.6) is 5.75 Å². The van der Waals surface area contributed by atoms with Crippen LogP contribution in [0.15, 0.2) is 29.3 Å². The topological polar surface area (TPSA) is 78.0 Å². The number of hydrogen-bond donors (Lipinski definition) is 3. The van der Waals surface area contributed by atoms with Crippen molar-refractivity contribution < 1.29 is 9.53 Å². The van der Waals surface area contributed by atoms with Gasteiger partial charge in [-0.2, -0.15) is 0 Å². The Morgan fingerprint density at radius 3 is 2.34 bits per heavy atom. The predicted octanol–water partition coefficient (Wildman–Crippen LogP) is 2.30. The summed E-state index contributed by atoms with van der Waals surface area (Å²) in [5.41, 5.74) is 1.00. The van der Waals surface area contributed by atoms with Gasteiger partial charge in [0.25, 0.3) is 0 Å². The van der Waals surface area contributed by atoms with Gasteiger partial charge in [-0.25, -0.2) is 0 Å². The highest BCUT2D eigenvalue weighted by Crippen LogP contribution is 2.25. The van der Waals surface area contributed by atoms with E-state index in [1.165, 1.54) is 24.8 Å². The van der Waals surface area contributed by atoms with Gasteiger partial charge in [0.1, 0.15) is 5.75 Å². The summed E-state index contributed by atoms with van der Waals surface area (Å²) in [6.45, 7) is 9.00. The molecule has 0 spiro atoms. The minimum absolute atomic E-state index is 0.0526. The lowest BCUT2D eigenvalue weighted by molar-refractivity contribution is -0.121. The first-order valence-corrected chi connectivity index (χ1v) is 10.5. The fraction of sp³-hybridized carbons (Fsp3) is 0.636. The summed E-state index contributed by atoms with van der Waals surface area (Å²) in [4.78, 5) is 18.9. The molecule has 7 nitrogen and oxygen atoms in total. The second kappa shape index (κ2) is 11.0. The highest BCUT2D eigenvalue weighted by Gasteiger charge is 2.23. The van der Waals surface area contributed by atoms with E-state index in [4.69, 9.17) is 4.74 Å². The van der Waals surface area contributed by atoms with Crippen LogP contribution in [0.2, 0.25) is 0 Å². The molecule has 1 atom stereocenters. The second-order valence-corrected chi connectivity index (χ2v) is 8.49. The third kappa shape index (κ3) is 7.93. The molecule has 1 aliphatic heterocycles. The average molecular weight is 404 g/mol. The number of guanidine groups is 1. The molecule has 0 aromatic heterocycles. The van der Waals surface area contributed by atoms with Gasteiger partial charge in [0, 0.05) is 19.1 Å². The summed E-state index contributed by atoms with van der Waals surface area (Å²) < 4.78 is 5.30. The first kappa shape index (κ1) is 23.0. The minimum atomic E-state index is -0.247. The first-order valence-electron chi connectivity index (χ1n) is 10.5. The van der Waals surface area contributed by atoms with Crippen LogP contribution in [0, 0.1) is 0 Å². The van der Waals surface area contributed by atoms with Crippen LogP contribution >= 0.6 is 0 Å². The fourth-order valence-corrected chi connectivity index (χ4v) is 3.55. The lowest BCUT2D eigenvalue weighted by atomic mass is 10.0. The Kier molecular flexibility index (Phi) is 8.76. The Morgan fingerprint density at radius 1 is 1.14 bits per heavy atom. The molecule has 1 fully saturated rings. The Bertz CT molecular complexity index is 661. The molecule has 29 heavy (non-hydrogen) atoms. The Morgan fingerprint density at radius 2 is 1.79 bits per heavy atom. The van der Waals surface area contributed by atoms with Crippen molar-refractivity contribution in [3.63, 3.8) is 0 Å². The maximum absolute atomic E-state index is 12.1. The van der Waals surface area contributed by atoms with E-state index < -0.39 is 0 Å². The maximum Gasteiger partial charge on any atom is 0.239 e. The van der Waals surface area contributed by atoms with Gasteiger partial charge >= 0.3 is 0 Å². The summed E-state index contributed by atoms with van der Waals surface area (Å²) in [5.74, 6) is 1.44. The molecule has 1 aromatic rings. The number of rotatable bonds is 7. The van der Waals surface area contributed by atoms with E-state index in [2.05, 4.69) is 38.0 Å². The Hall–Kier alpha value is -2.28. The summed E-state index contributed by atoms with van der Waals surface area (Å²) in [5, 5.41) is 9.45. The van der Waals surface area contributed by atoms with E-state index in [0.29, 0.717) is 12.5 Å². The quantitative estimate of drug-likeness (QED) is 0.481. The van der Waals surface area contributed by atoms with Gasteiger partial charge < -0.3 is 20.7 Å². The Labute approximate surface area is 175 Å². The number of aliphatic imine (C=N–C) groups is 1. The van der Waals surface area contributed by atoms with Crippen LogP contribution < -0.4 is 20.7 Å². The molecule has 3 N–H and O–H groups in total. The van der Waals surface area contributed by atoms with Gasteiger partial charge in [0.05, 0.1) is 19.7 Å². The number of hydrogen-bond acceptors (Lipinski definition) is 4. The number of ether oxygens (including phenoxy) is 1. The molecule has 1 heterocycles. The molecule has 1 unspecified atom stereocenters. The molecular formula is C22H37N5O2. The van der Waals surface area contributed by atoms with Gasteiger partial charge in [-0.05, 0) is 64.4 Å². The third-order valence-corrected chi connectivity index (χ3v) is 4.95. The van der Waals surface area contributed by atoms with Crippen molar-refractivity contribution in [2.45, 2.75) is 51.6 Å². The largest absolute Gasteiger partial charge is 0.497 e. The first-order chi connectivity index (χ1) is 13.8. The van der Waals surface area contributed by atoms with Crippen LogP contribution in [0.4, 0.5) is 0 Å². The van der Waals surface area contributed by atoms with Crippen LogP contribution in [-0.2, 0) is 4.79 Å². The van der Waals surface area contributed by atoms with Crippen molar-refractivity contribution in [3.05, 3.63) is 29.8 Å². The van der Waals surface area contributed by atoms with Gasteiger partial charge in [-0.3, -0.25) is 14.7 Å². The van der Waals surface area contributed by atoms with E-state index in [1.807, 2.05) is 32.9 Å². The maximum atomic E-state index is 12.1. The molecule has 1 amide bonds. The van der Waals surface area contributed by atoms with Crippen LogP contribution in [0.3, 0.4) is 0 Å². The lowest BCUT2D eigenvalue weighted by Crippen LogP contribution is -2.49. The number of methoxy groups -OCH3 is 1. The number of carbonyl (C=O) groups is 1. The standard InChI is InChI=1S/C22H37N5O2/c1-22(2,3)26-20(28)16-25-21(23-4)24-15-19(27-13-7-6-8-14-27)17-9-11-18(29-5)12-10-17/h9-12,19H,6-8,13-16H2,1-5H3,(H,26,28)(H2,23,24,25). The zero-order chi connectivity index (χ0) is 21.3.